The summed E-state index contributed by atoms with van der Waals surface area (Å²) in [5.74, 6) is 2.57. The number of aromatic nitrogens is 5. The molecule has 7 nitrogen and oxygen atoms in total. The zero-order valence-electron chi connectivity index (χ0n) is 15.7. The molecule has 1 amide bonds. The van der Waals surface area contributed by atoms with Crippen LogP contribution in [0.4, 0.5) is 0 Å². The minimum absolute atomic E-state index is 0.0166. The zero-order valence-corrected chi connectivity index (χ0v) is 15.7. The molecule has 1 atom stereocenters. The molecule has 0 N–H and O–H groups in total. The Labute approximate surface area is 148 Å². The predicted octanol–water partition coefficient (Wildman–Crippen LogP) is 2.59. The highest BCUT2D eigenvalue weighted by Gasteiger charge is 2.29. The van der Waals surface area contributed by atoms with Gasteiger partial charge in [-0.25, -0.2) is 19.6 Å². The molecule has 0 unspecified atom stereocenters. The van der Waals surface area contributed by atoms with Gasteiger partial charge in [-0.2, -0.15) is 5.10 Å². The van der Waals surface area contributed by atoms with Crippen LogP contribution >= 0.6 is 0 Å². The molecule has 1 saturated heterocycles. The quantitative estimate of drug-likeness (QED) is 0.857. The van der Waals surface area contributed by atoms with Crippen LogP contribution in [0.3, 0.4) is 0 Å². The number of amides is 1. The molecule has 0 aliphatic carbocycles. The van der Waals surface area contributed by atoms with Gasteiger partial charge in [0.15, 0.2) is 0 Å². The first kappa shape index (κ1) is 17.5. The van der Waals surface area contributed by atoms with Crippen LogP contribution in [0.5, 0.6) is 0 Å². The molecule has 0 bridgehead atoms. The van der Waals surface area contributed by atoms with E-state index in [0.717, 1.165) is 36.7 Å². The van der Waals surface area contributed by atoms with E-state index in [-0.39, 0.29) is 17.9 Å². The van der Waals surface area contributed by atoms with Crippen LogP contribution in [-0.2, 0) is 0 Å². The second-order valence-electron chi connectivity index (χ2n) is 7.07. The average Bonchev–Trinajstić information content (AvgIpc) is 2.92. The van der Waals surface area contributed by atoms with Crippen molar-refractivity contribution in [3.8, 4) is 0 Å². The second-order valence-corrected chi connectivity index (χ2v) is 7.07. The Balaban J connectivity index is 1.84. The first-order valence-corrected chi connectivity index (χ1v) is 8.89. The zero-order chi connectivity index (χ0) is 18.1. The fourth-order valence-electron chi connectivity index (χ4n) is 3.48. The summed E-state index contributed by atoms with van der Waals surface area (Å²) in [6.07, 6.45) is 3.64. The predicted molar refractivity (Wildman–Crippen MR) is 94.5 cm³/mol. The molecule has 1 aliphatic heterocycles. The number of nitrogens with zero attached hydrogens (tertiary/aromatic N) is 6. The summed E-state index contributed by atoms with van der Waals surface area (Å²) in [5.41, 5.74) is 1.44. The van der Waals surface area contributed by atoms with Crippen molar-refractivity contribution in [2.75, 3.05) is 13.1 Å². The second kappa shape index (κ2) is 6.90. The summed E-state index contributed by atoms with van der Waals surface area (Å²) in [6, 6.07) is 0.174. The number of rotatable bonds is 3. The van der Waals surface area contributed by atoms with E-state index in [1.165, 1.54) is 0 Å². The van der Waals surface area contributed by atoms with Crippen LogP contribution in [0, 0.1) is 20.8 Å². The van der Waals surface area contributed by atoms with Gasteiger partial charge in [-0.1, -0.05) is 13.8 Å². The first-order chi connectivity index (χ1) is 11.9. The normalized spacial score (nSPS) is 18.0. The van der Waals surface area contributed by atoms with Crippen LogP contribution < -0.4 is 0 Å². The number of piperidine rings is 1. The fraction of sp³-hybridized carbons (Fsp3) is 0.611. The Kier molecular flexibility index (Phi) is 4.83. The first-order valence-electron chi connectivity index (χ1n) is 8.89. The van der Waals surface area contributed by atoms with E-state index in [0.29, 0.717) is 17.9 Å². The maximum Gasteiger partial charge on any atom is 0.257 e. The fourth-order valence-corrected chi connectivity index (χ4v) is 3.48. The molecule has 3 heterocycles. The van der Waals surface area contributed by atoms with Crippen molar-refractivity contribution in [3.63, 3.8) is 0 Å². The summed E-state index contributed by atoms with van der Waals surface area (Å²) < 4.78 is 1.96. The van der Waals surface area contributed by atoms with Crippen LogP contribution in [0.1, 0.15) is 72.2 Å². The van der Waals surface area contributed by atoms with E-state index >= 15 is 0 Å². The molecule has 1 fully saturated rings. The van der Waals surface area contributed by atoms with E-state index in [9.17, 15) is 4.79 Å². The lowest BCUT2D eigenvalue weighted by atomic mass is 10.0. The lowest BCUT2D eigenvalue weighted by Gasteiger charge is -2.33. The van der Waals surface area contributed by atoms with Gasteiger partial charge in [-0.3, -0.25) is 4.79 Å². The molecule has 134 valence electrons. The number of carbonyl (C=O) groups is 1. The van der Waals surface area contributed by atoms with E-state index in [1.807, 2.05) is 30.4 Å². The average molecular weight is 342 g/mol. The third-order valence-corrected chi connectivity index (χ3v) is 4.65. The Morgan fingerprint density at radius 2 is 1.96 bits per heavy atom. The molecule has 0 saturated carbocycles. The highest BCUT2D eigenvalue weighted by molar-refractivity contribution is 5.95. The van der Waals surface area contributed by atoms with E-state index in [2.05, 4.69) is 33.9 Å². The topological polar surface area (TPSA) is 76.8 Å². The van der Waals surface area contributed by atoms with Crippen molar-refractivity contribution < 1.29 is 4.79 Å². The van der Waals surface area contributed by atoms with Gasteiger partial charge in [0.05, 0.1) is 17.3 Å². The molecule has 3 rings (SSSR count). The molecule has 0 aromatic carbocycles. The molecule has 0 radical (unpaired) electrons. The molecule has 7 heteroatoms. The molecular formula is C18H26N6O. The summed E-state index contributed by atoms with van der Waals surface area (Å²) >= 11 is 0. The summed E-state index contributed by atoms with van der Waals surface area (Å²) in [7, 11) is 0. The smallest absolute Gasteiger partial charge is 0.257 e. The highest BCUT2D eigenvalue weighted by Crippen LogP contribution is 2.25. The van der Waals surface area contributed by atoms with Crippen molar-refractivity contribution >= 4 is 5.91 Å². The summed E-state index contributed by atoms with van der Waals surface area (Å²) in [4.78, 5) is 28.1. The Morgan fingerprint density at radius 3 is 2.60 bits per heavy atom. The van der Waals surface area contributed by atoms with Crippen molar-refractivity contribution in [2.24, 2.45) is 0 Å². The van der Waals surface area contributed by atoms with Crippen molar-refractivity contribution in [1.29, 1.82) is 0 Å². The molecule has 2 aromatic rings. The largest absolute Gasteiger partial charge is 0.336 e. The number of aryl methyl sites for hydroxylation is 3. The van der Waals surface area contributed by atoms with Gasteiger partial charge in [-0.15, -0.1) is 0 Å². The Morgan fingerprint density at radius 1 is 1.20 bits per heavy atom. The lowest BCUT2D eigenvalue weighted by molar-refractivity contribution is 0.0668. The number of likely N-dealkylation sites (tertiary alicyclic amines) is 1. The van der Waals surface area contributed by atoms with E-state index in [1.54, 1.807) is 6.20 Å². The highest BCUT2D eigenvalue weighted by atomic mass is 16.2. The number of hydrogen-bond donors (Lipinski definition) is 0. The van der Waals surface area contributed by atoms with Gasteiger partial charge >= 0.3 is 0 Å². The molecule has 1 aliphatic rings. The van der Waals surface area contributed by atoms with Crippen LogP contribution in [0.15, 0.2) is 6.20 Å². The van der Waals surface area contributed by atoms with Gasteiger partial charge in [0.25, 0.3) is 5.91 Å². The van der Waals surface area contributed by atoms with Gasteiger partial charge in [0.1, 0.15) is 17.5 Å². The third-order valence-electron chi connectivity index (χ3n) is 4.65. The van der Waals surface area contributed by atoms with Gasteiger partial charge in [0, 0.05) is 19.3 Å². The maximum absolute atomic E-state index is 13.1. The summed E-state index contributed by atoms with van der Waals surface area (Å²) in [6.45, 7) is 11.2. The third kappa shape index (κ3) is 3.55. The maximum atomic E-state index is 13.1. The van der Waals surface area contributed by atoms with Gasteiger partial charge in [0.2, 0.25) is 0 Å². The standard InChI is InChI=1S/C18H26N6O/c1-11(2)17-16(9-19-12(3)21-17)18(25)23-8-6-7-15(10-23)24-14(5)20-13(4)22-24/h9,11,15H,6-8,10H2,1-5H3/t15-/m0/s1. The van der Waals surface area contributed by atoms with Crippen molar-refractivity contribution in [2.45, 2.75) is 59.4 Å². The monoisotopic (exact) mass is 342 g/mol. The van der Waals surface area contributed by atoms with Crippen molar-refractivity contribution in [3.05, 3.63) is 34.9 Å². The number of carbonyl (C=O) groups excluding carboxylic acids is 1. The minimum Gasteiger partial charge on any atom is -0.336 e. The molecule has 0 spiro atoms. The van der Waals surface area contributed by atoms with E-state index < -0.39 is 0 Å². The minimum atomic E-state index is 0.0166. The van der Waals surface area contributed by atoms with Crippen LogP contribution in [0.2, 0.25) is 0 Å². The van der Waals surface area contributed by atoms with Gasteiger partial charge in [-0.05, 0) is 39.5 Å². The van der Waals surface area contributed by atoms with E-state index in [4.69, 9.17) is 0 Å². The van der Waals surface area contributed by atoms with Gasteiger partial charge < -0.3 is 4.90 Å². The SMILES string of the molecule is Cc1ncc(C(=O)N2CCC[C@H](n3nc(C)nc3C)C2)c(C(C)C)n1. The number of hydrogen-bond acceptors (Lipinski definition) is 5. The van der Waals surface area contributed by atoms with Crippen LogP contribution in [0.25, 0.3) is 0 Å². The lowest BCUT2D eigenvalue weighted by Crippen LogP contribution is -2.41. The Bertz CT molecular complexity index is 782. The molecular weight excluding hydrogens is 316 g/mol. The molecule has 2 aromatic heterocycles. The van der Waals surface area contributed by atoms with Crippen molar-refractivity contribution in [1.82, 2.24) is 29.6 Å². The van der Waals surface area contributed by atoms with Crippen LogP contribution in [-0.4, -0.2) is 48.6 Å². The molecule has 25 heavy (non-hydrogen) atoms. The summed E-state index contributed by atoms with van der Waals surface area (Å²) in [5, 5.41) is 4.50. The Hall–Kier alpha value is -2.31.